The van der Waals surface area contributed by atoms with Crippen LogP contribution < -0.4 is 10.1 Å². The molecule has 144 valence electrons. The summed E-state index contributed by atoms with van der Waals surface area (Å²) in [6.45, 7) is 0.924. The average Bonchev–Trinajstić information content (AvgIpc) is 2.64. The van der Waals surface area contributed by atoms with E-state index in [-0.39, 0.29) is 23.3 Å². The van der Waals surface area contributed by atoms with Crippen LogP contribution in [0.3, 0.4) is 0 Å². The number of para-hydroxylation sites is 1. The Labute approximate surface area is 153 Å². The average molecular weight is 383 g/mol. The fourth-order valence-corrected chi connectivity index (χ4v) is 2.76. The van der Waals surface area contributed by atoms with E-state index in [0.717, 1.165) is 24.6 Å². The number of halogens is 4. The van der Waals surface area contributed by atoms with Crippen molar-refractivity contribution in [1.29, 1.82) is 0 Å². The monoisotopic (exact) mass is 383 g/mol. The van der Waals surface area contributed by atoms with E-state index in [1.807, 2.05) is 0 Å². The number of benzene rings is 2. The Morgan fingerprint density at radius 3 is 2.59 bits per heavy atom. The third-order valence-corrected chi connectivity index (χ3v) is 4.14. The van der Waals surface area contributed by atoms with Crippen LogP contribution in [-0.2, 0) is 15.7 Å². The molecule has 0 spiro atoms. The molecule has 2 aromatic carbocycles. The first-order valence-corrected chi connectivity index (χ1v) is 8.37. The molecule has 1 atom stereocenters. The number of alkyl halides is 3. The molecule has 1 aliphatic rings. The van der Waals surface area contributed by atoms with E-state index >= 15 is 0 Å². The lowest BCUT2D eigenvalue weighted by molar-refractivity contribution is -0.138. The Morgan fingerprint density at radius 2 is 1.93 bits per heavy atom. The lowest BCUT2D eigenvalue weighted by Crippen LogP contribution is -2.30. The Hall–Kier alpha value is -2.61. The molecule has 3 rings (SSSR count). The highest BCUT2D eigenvalue weighted by atomic mass is 19.4. The summed E-state index contributed by atoms with van der Waals surface area (Å²) in [4.78, 5) is 12.1. The molecule has 1 amide bonds. The molecule has 0 aromatic heterocycles. The quantitative estimate of drug-likeness (QED) is 0.756. The molecule has 1 aliphatic heterocycles. The van der Waals surface area contributed by atoms with Gasteiger partial charge >= 0.3 is 6.18 Å². The van der Waals surface area contributed by atoms with Crippen LogP contribution in [0, 0.1) is 11.7 Å². The van der Waals surface area contributed by atoms with Gasteiger partial charge in [0.05, 0.1) is 18.1 Å². The van der Waals surface area contributed by atoms with E-state index in [9.17, 15) is 22.4 Å². The number of anilines is 1. The highest BCUT2D eigenvalue weighted by molar-refractivity contribution is 5.92. The summed E-state index contributed by atoms with van der Waals surface area (Å²) in [6.07, 6.45) is -3.16. The van der Waals surface area contributed by atoms with Crippen LogP contribution in [0.5, 0.6) is 11.5 Å². The first-order valence-electron chi connectivity index (χ1n) is 8.37. The van der Waals surface area contributed by atoms with Gasteiger partial charge in [0.1, 0.15) is 5.75 Å². The van der Waals surface area contributed by atoms with Crippen molar-refractivity contribution in [1.82, 2.24) is 0 Å². The van der Waals surface area contributed by atoms with Crippen molar-refractivity contribution < 1.29 is 31.8 Å². The highest BCUT2D eigenvalue weighted by Gasteiger charge is 2.34. The van der Waals surface area contributed by atoms with Crippen molar-refractivity contribution in [2.24, 2.45) is 5.92 Å². The maximum atomic E-state index is 14.3. The Kier molecular flexibility index (Phi) is 5.65. The molecule has 1 heterocycles. The number of ether oxygens (including phenoxy) is 2. The van der Waals surface area contributed by atoms with Gasteiger partial charge in [-0.2, -0.15) is 13.2 Å². The second kappa shape index (κ2) is 7.96. The maximum absolute atomic E-state index is 14.3. The maximum Gasteiger partial charge on any atom is 0.419 e. The zero-order valence-corrected chi connectivity index (χ0v) is 14.2. The van der Waals surface area contributed by atoms with Crippen molar-refractivity contribution in [2.75, 3.05) is 18.5 Å². The summed E-state index contributed by atoms with van der Waals surface area (Å²) in [5, 5.41) is 2.58. The predicted molar refractivity (Wildman–Crippen MR) is 90.1 cm³/mol. The van der Waals surface area contributed by atoms with E-state index in [1.54, 1.807) is 0 Å². The van der Waals surface area contributed by atoms with Gasteiger partial charge in [-0.05, 0) is 37.1 Å². The molecule has 0 saturated carbocycles. The fraction of sp³-hybridized carbons (Fsp3) is 0.316. The van der Waals surface area contributed by atoms with Gasteiger partial charge < -0.3 is 14.8 Å². The molecule has 0 radical (unpaired) electrons. The van der Waals surface area contributed by atoms with Gasteiger partial charge in [-0.15, -0.1) is 0 Å². The molecule has 27 heavy (non-hydrogen) atoms. The van der Waals surface area contributed by atoms with Crippen LogP contribution in [0.4, 0.5) is 23.2 Å². The summed E-state index contributed by atoms with van der Waals surface area (Å²) in [5.74, 6) is -2.35. The van der Waals surface area contributed by atoms with Crippen molar-refractivity contribution >= 4 is 11.6 Å². The molecule has 1 saturated heterocycles. The Balaban J connectivity index is 1.73. The number of hydrogen-bond donors (Lipinski definition) is 1. The first kappa shape index (κ1) is 19.2. The minimum absolute atomic E-state index is 0.194. The summed E-state index contributed by atoms with van der Waals surface area (Å²) in [5.41, 5.74) is -0.807. The van der Waals surface area contributed by atoms with Crippen LogP contribution >= 0.6 is 0 Å². The Morgan fingerprint density at radius 1 is 1.15 bits per heavy atom. The largest absolute Gasteiger partial charge is 0.454 e. The van der Waals surface area contributed by atoms with Gasteiger partial charge in [-0.3, -0.25) is 4.79 Å². The molecular formula is C19H17F4NO3. The van der Waals surface area contributed by atoms with E-state index in [0.29, 0.717) is 19.6 Å². The van der Waals surface area contributed by atoms with E-state index in [4.69, 9.17) is 9.47 Å². The molecule has 0 unspecified atom stereocenters. The third-order valence-electron chi connectivity index (χ3n) is 4.14. The number of carbonyl (C=O) groups is 1. The van der Waals surface area contributed by atoms with E-state index in [1.165, 1.54) is 24.3 Å². The zero-order valence-electron chi connectivity index (χ0n) is 14.2. The molecule has 0 bridgehead atoms. The smallest absolute Gasteiger partial charge is 0.419 e. The lowest BCUT2D eigenvalue weighted by Gasteiger charge is -2.21. The first-order chi connectivity index (χ1) is 12.8. The predicted octanol–water partition coefficient (Wildman–Crippen LogP) is 5.00. The molecule has 0 aliphatic carbocycles. The molecule has 1 fully saturated rings. The van der Waals surface area contributed by atoms with Crippen molar-refractivity contribution in [3.05, 3.63) is 53.8 Å². The van der Waals surface area contributed by atoms with Gasteiger partial charge in [-0.1, -0.05) is 12.1 Å². The Bertz CT molecular complexity index is 817. The molecule has 1 N–H and O–H groups in total. The lowest BCUT2D eigenvalue weighted by atomic mass is 10.0. The summed E-state index contributed by atoms with van der Waals surface area (Å²) in [6, 6.07) is 8.11. The topological polar surface area (TPSA) is 47.6 Å². The number of carbonyl (C=O) groups excluding carboxylic acids is 1. The second-order valence-corrected chi connectivity index (χ2v) is 6.14. The van der Waals surface area contributed by atoms with Crippen LogP contribution in [0.25, 0.3) is 0 Å². The summed E-state index contributed by atoms with van der Waals surface area (Å²) in [7, 11) is 0. The van der Waals surface area contributed by atoms with Crippen LogP contribution in [0.2, 0.25) is 0 Å². The van der Waals surface area contributed by atoms with Gasteiger partial charge in [0.2, 0.25) is 5.91 Å². The van der Waals surface area contributed by atoms with Crippen LogP contribution in [0.15, 0.2) is 42.5 Å². The SMILES string of the molecule is O=C(Nc1ccc(Oc2ccccc2C(F)(F)F)c(F)c1)[C@@H]1CCCOC1. The fourth-order valence-electron chi connectivity index (χ4n) is 2.76. The van der Waals surface area contributed by atoms with E-state index < -0.39 is 23.3 Å². The third kappa shape index (κ3) is 4.77. The van der Waals surface area contributed by atoms with Gasteiger partial charge in [0.15, 0.2) is 11.6 Å². The minimum Gasteiger partial charge on any atom is -0.454 e. The molecule has 2 aromatic rings. The molecule has 4 nitrogen and oxygen atoms in total. The normalized spacial score (nSPS) is 17.4. The van der Waals surface area contributed by atoms with Crippen molar-refractivity contribution in [3.63, 3.8) is 0 Å². The number of nitrogens with one attached hydrogen (secondary N) is 1. The minimum atomic E-state index is -4.62. The van der Waals surface area contributed by atoms with Crippen LogP contribution in [-0.4, -0.2) is 19.1 Å². The van der Waals surface area contributed by atoms with E-state index in [2.05, 4.69) is 5.32 Å². The van der Waals surface area contributed by atoms with Gasteiger partial charge in [0, 0.05) is 18.4 Å². The highest BCUT2D eigenvalue weighted by Crippen LogP contribution is 2.38. The van der Waals surface area contributed by atoms with Crippen molar-refractivity contribution in [3.8, 4) is 11.5 Å². The van der Waals surface area contributed by atoms with Gasteiger partial charge in [-0.25, -0.2) is 4.39 Å². The van der Waals surface area contributed by atoms with Gasteiger partial charge in [0.25, 0.3) is 0 Å². The van der Waals surface area contributed by atoms with Crippen molar-refractivity contribution in [2.45, 2.75) is 19.0 Å². The van der Waals surface area contributed by atoms with Crippen LogP contribution in [0.1, 0.15) is 18.4 Å². The summed E-state index contributed by atoms with van der Waals surface area (Å²) < 4.78 is 63.6. The number of rotatable bonds is 4. The number of hydrogen-bond acceptors (Lipinski definition) is 3. The second-order valence-electron chi connectivity index (χ2n) is 6.14. The number of amides is 1. The summed E-state index contributed by atoms with van der Waals surface area (Å²) >= 11 is 0. The standard InChI is InChI=1S/C19H17F4NO3/c20-15-10-13(24-18(25)12-4-3-9-26-11-12)7-8-17(15)27-16-6-2-1-5-14(16)19(21,22)23/h1-2,5-8,10,12H,3-4,9,11H2,(H,24,25)/t12-/m1/s1. The molecule has 8 heteroatoms. The molecular weight excluding hydrogens is 366 g/mol. The zero-order chi connectivity index (χ0) is 19.4.